The van der Waals surface area contributed by atoms with E-state index in [4.69, 9.17) is 20.8 Å². The number of aryl methyl sites for hydroxylation is 3. The Balaban J connectivity index is -0.0000000890. The van der Waals surface area contributed by atoms with Gasteiger partial charge in [-0.25, -0.2) is 0 Å². The van der Waals surface area contributed by atoms with Gasteiger partial charge in [0.1, 0.15) is 0 Å². The van der Waals surface area contributed by atoms with Crippen LogP contribution in [0.4, 0.5) is 11.4 Å². The fourth-order valence-electron chi connectivity index (χ4n) is 5.10. The first-order chi connectivity index (χ1) is 35.1. The SMILES string of the molecule is CC.CC.CC.CC.CC.CC.CC.CC.CC(C)(C)C.CC(C)(C)Cc1nccnc1-c1ccc(N)cc1.CC1(C)OB(c2ccc(N)cc2)OC1(C)C.Cc1nccnc1C.Cc1nccnc1CC(C)(C)C.[B].[B].[B]. The second-order valence-corrected chi connectivity index (χ2v) is 20.0. The molecule has 0 amide bonds. The van der Waals surface area contributed by atoms with E-state index in [0.717, 1.165) is 69.4 Å². The van der Waals surface area contributed by atoms with Crippen molar-refractivity contribution in [2.75, 3.05) is 11.5 Å². The molecule has 5 aromatic rings. The lowest BCUT2D eigenvalue weighted by Crippen LogP contribution is -2.41. The second-order valence-electron chi connectivity index (χ2n) is 20.0. The van der Waals surface area contributed by atoms with Gasteiger partial charge >= 0.3 is 7.12 Å². The van der Waals surface area contributed by atoms with Crippen molar-refractivity contribution in [3.05, 3.63) is 114 Å². The number of aromatic nitrogens is 6. The molecule has 78 heavy (non-hydrogen) atoms. The first-order valence-electron chi connectivity index (χ1n) is 28.4. The molecule has 1 fully saturated rings. The van der Waals surface area contributed by atoms with Crippen LogP contribution in [-0.4, -0.2) is 73.5 Å². The van der Waals surface area contributed by atoms with Crippen molar-refractivity contribution in [3.63, 3.8) is 0 Å². The zero-order valence-corrected chi connectivity index (χ0v) is 57.0. The predicted octanol–water partition coefficient (Wildman–Crippen LogP) is 17.5. The van der Waals surface area contributed by atoms with Crippen molar-refractivity contribution < 1.29 is 9.31 Å². The summed E-state index contributed by atoms with van der Waals surface area (Å²) in [6.45, 7) is 68.1. The molecule has 4 N–H and O–H groups in total. The predicted molar refractivity (Wildman–Crippen MR) is 356 cm³/mol. The molecule has 0 aliphatic carbocycles. The Morgan fingerprint density at radius 3 is 0.949 bits per heavy atom. The number of rotatable bonds is 4. The van der Waals surface area contributed by atoms with Gasteiger partial charge in [0.2, 0.25) is 0 Å². The summed E-state index contributed by atoms with van der Waals surface area (Å²) in [5.74, 6) is 0. The van der Waals surface area contributed by atoms with Crippen LogP contribution in [0.5, 0.6) is 0 Å². The van der Waals surface area contributed by atoms with Gasteiger partial charge in [0.15, 0.2) is 0 Å². The maximum Gasteiger partial charge on any atom is 0.494 e. The Morgan fingerprint density at radius 2 is 0.654 bits per heavy atom. The summed E-state index contributed by atoms with van der Waals surface area (Å²) >= 11 is 0. The number of nitrogens with two attached hydrogens (primary N) is 2. The molecule has 10 nitrogen and oxygen atoms in total. The average molecular weight is 1080 g/mol. The number of hydrogen-bond donors (Lipinski definition) is 2. The number of nitrogens with zero attached hydrogens (tertiary/aromatic N) is 6. The molecule has 3 aromatic heterocycles. The Labute approximate surface area is 491 Å². The third-order valence-corrected chi connectivity index (χ3v) is 8.93. The van der Waals surface area contributed by atoms with Gasteiger partial charge in [0.25, 0.3) is 0 Å². The van der Waals surface area contributed by atoms with Crippen molar-refractivity contribution >= 4 is 49.2 Å². The number of hydrogen-bond acceptors (Lipinski definition) is 10. The Bertz CT molecular complexity index is 1970. The molecule has 0 saturated carbocycles. The summed E-state index contributed by atoms with van der Waals surface area (Å²) in [7, 11) is -0.300. The van der Waals surface area contributed by atoms with Gasteiger partial charge in [-0.1, -0.05) is 204 Å². The van der Waals surface area contributed by atoms with E-state index in [0.29, 0.717) is 10.8 Å². The molecule has 0 unspecified atom stereocenters. The van der Waals surface area contributed by atoms with Crippen LogP contribution in [0.1, 0.15) is 236 Å². The number of benzene rings is 2. The highest BCUT2D eigenvalue weighted by molar-refractivity contribution is 6.62. The van der Waals surface area contributed by atoms with Crippen molar-refractivity contribution in [2.24, 2.45) is 16.2 Å². The van der Waals surface area contributed by atoms with E-state index in [1.165, 1.54) is 0 Å². The first-order valence-corrected chi connectivity index (χ1v) is 28.4. The average Bonchev–Trinajstić information content (AvgIpc) is 3.61. The molecule has 0 bridgehead atoms. The molecule has 9 radical (unpaired) electrons. The van der Waals surface area contributed by atoms with Gasteiger partial charge in [0.05, 0.1) is 45.4 Å². The van der Waals surface area contributed by atoms with Crippen molar-refractivity contribution in [1.29, 1.82) is 0 Å². The molecule has 0 atom stereocenters. The van der Waals surface area contributed by atoms with Crippen LogP contribution in [0.15, 0.2) is 85.7 Å². The third-order valence-electron chi connectivity index (χ3n) is 8.93. The molecule has 14 heteroatoms. The Kier molecular flexibility index (Phi) is 66.8. The van der Waals surface area contributed by atoms with Crippen LogP contribution in [0, 0.1) is 37.0 Å². The molecule has 1 saturated heterocycles. The molecular weight excluding hydrogens is 956 g/mol. The van der Waals surface area contributed by atoms with Crippen LogP contribution in [0.2, 0.25) is 0 Å². The topological polar surface area (TPSA) is 148 Å². The molecule has 2 aromatic carbocycles. The highest BCUT2D eigenvalue weighted by atomic mass is 16.7. The lowest BCUT2D eigenvalue weighted by atomic mass is 9.79. The summed E-state index contributed by atoms with van der Waals surface area (Å²) < 4.78 is 11.9. The van der Waals surface area contributed by atoms with Gasteiger partial charge < -0.3 is 20.8 Å². The van der Waals surface area contributed by atoms with Gasteiger partial charge in [0, 0.05) is 79.4 Å². The van der Waals surface area contributed by atoms with Crippen LogP contribution < -0.4 is 16.9 Å². The normalized spacial score (nSPS) is 11.4. The van der Waals surface area contributed by atoms with Gasteiger partial charge in [-0.05, 0) is 107 Å². The maximum absolute atomic E-state index is 5.93. The third kappa shape index (κ3) is 48.6. The number of anilines is 2. The number of nitrogen functional groups attached to an aromatic ring is 2. The highest BCUT2D eigenvalue weighted by Crippen LogP contribution is 2.36. The molecule has 1 aliphatic heterocycles. The van der Waals surface area contributed by atoms with E-state index in [9.17, 15) is 0 Å². The summed E-state index contributed by atoms with van der Waals surface area (Å²) in [6, 6.07) is 15.4. The van der Waals surface area contributed by atoms with Crippen LogP contribution in [0.3, 0.4) is 0 Å². The largest absolute Gasteiger partial charge is 0.494 e. The molecule has 6 rings (SSSR count). The van der Waals surface area contributed by atoms with Crippen LogP contribution in [0.25, 0.3) is 11.3 Å². The maximum atomic E-state index is 5.93. The molecule has 0 spiro atoms. The van der Waals surface area contributed by atoms with Gasteiger partial charge in [-0.2, -0.15) is 0 Å². The van der Waals surface area contributed by atoms with Crippen molar-refractivity contribution in [2.45, 2.75) is 253 Å². The second kappa shape index (κ2) is 54.4. The van der Waals surface area contributed by atoms with Crippen LogP contribution >= 0.6 is 0 Å². The van der Waals surface area contributed by atoms with E-state index in [-0.39, 0.29) is 49.0 Å². The van der Waals surface area contributed by atoms with Crippen molar-refractivity contribution in [3.8, 4) is 11.3 Å². The zero-order chi connectivity index (χ0) is 60.8. The van der Waals surface area contributed by atoms with E-state index in [2.05, 4.69) is 99.1 Å². The lowest BCUT2D eigenvalue weighted by molar-refractivity contribution is 0.00578. The summed E-state index contributed by atoms with van der Waals surface area (Å²) in [5, 5.41) is 0. The summed E-state index contributed by atoms with van der Waals surface area (Å²) in [5.41, 5.74) is 21.5. The molecule has 1 aliphatic rings. The minimum Gasteiger partial charge on any atom is -0.399 e. The van der Waals surface area contributed by atoms with E-state index < -0.39 is 0 Å². The molecule has 441 valence electrons. The Hall–Kier alpha value is -4.54. The fourth-order valence-corrected chi connectivity index (χ4v) is 5.10. The van der Waals surface area contributed by atoms with E-state index >= 15 is 0 Å². The van der Waals surface area contributed by atoms with Gasteiger partial charge in [-0.3, -0.25) is 29.9 Å². The highest BCUT2D eigenvalue weighted by Gasteiger charge is 2.51. The Morgan fingerprint density at radius 1 is 0.397 bits per heavy atom. The zero-order valence-electron chi connectivity index (χ0n) is 57.0. The van der Waals surface area contributed by atoms with E-state index in [1.54, 1.807) is 37.2 Å². The van der Waals surface area contributed by atoms with E-state index in [1.807, 2.05) is 208 Å². The monoisotopic (exact) mass is 1080 g/mol. The van der Waals surface area contributed by atoms with Crippen LogP contribution in [-0.2, 0) is 22.2 Å². The minimum absolute atomic E-state index is 0. The minimum atomic E-state index is -0.300. The summed E-state index contributed by atoms with van der Waals surface area (Å²) in [6.07, 6.45) is 12.3. The summed E-state index contributed by atoms with van der Waals surface area (Å²) in [4.78, 5) is 25.5. The molecular formula is C64H121B4N8O2. The molecule has 4 heterocycles. The smallest absolute Gasteiger partial charge is 0.399 e. The van der Waals surface area contributed by atoms with Gasteiger partial charge in [-0.15, -0.1) is 0 Å². The lowest BCUT2D eigenvalue weighted by Gasteiger charge is -2.32. The first kappa shape index (κ1) is 95.8. The standard InChI is InChI=1S/C15H19N3.C12H18BNO2.C10H16N2.C6H8N2.C5H12.8C2H6.3B/c1-15(2,3)10-13-14(18-9-8-17-13)11-4-6-12(16)7-5-11;1-11(2)12(3,4)16-13(15-11)9-5-7-10(14)8-6-9;1-8-9(7-10(2,3)4)12-6-5-11-8;1-5-6(2)8-4-3-7-5;1-5(2,3)4;8*1-2;;;/h4-9H,10,16H2,1-3H3;5-8H,14H2,1-4H3;5-6H,7H2,1-4H3;3-4H,1-2H3;1-4H3;8*1-2H3;;;. The fraction of sp³-hybridized carbons (Fsp3) is 0.625. The van der Waals surface area contributed by atoms with Crippen molar-refractivity contribution in [1.82, 2.24) is 29.9 Å². The quantitative estimate of drug-likeness (QED) is 0.132.